The highest BCUT2D eigenvalue weighted by molar-refractivity contribution is 7.99. The van der Waals surface area contributed by atoms with E-state index in [1.54, 1.807) is 0 Å². The average Bonchev–Trinajstić information content (AvgIpc) is 2.94. The minimum Gasteiger partial charge on any atom is -0.339 e. The number of thioether (sulfide) groups is 1. The van der Waals surface area contributed by atoms with Crippen molar-refractivity contribution in [3.63, 3.8) is 0 Å². The maximum atomic E-state index is 12.4. The van der Waals surface area contributed by atoms with Crippen LogP contribution in [0.2, 0.25) is 0 Å². The highest BCUT2D eigenvalue weighted by Gasteiger charge is 2.23. The van der Waals surface area contributed by atoms with Crippen LogP contribution in [0.15, 0.2) is 35.5 Å². The normalized spacial score (nSPS) is 18.2. The van der Waals surface area contributed by atoms with Gasteiger partial charge in [0, 0.05) is 25.2 Å². The molecule has 1 atom stereocenters. The molecule has 1 fully saturated rings. The Labute approximate surface area is 141 Å². The summed E-state index contributed by atoms with van der Waals surface area (Å²) in [5.74, 6) is 1.45. The van der Waals surface area contributed by atoms with Crippen LogP contribution in [0.5, 0.6) is 0 Å². The number of carbonyl (C=O) groups excluding carboxylic acids is 1. The zero-order chi connectivity index (χ0) is 16.2. The van der Waals surface area contributed by atoms with Crippen molar-refractivity contribution >= 4 is 17.7 Å². The zero-order valence-corrected chi connectivity index (χ0v) is 14.4. The van der Waals surface area contributed by atoms with Crippen LogP contribution >= 0.6 is 11.8 Å². The Morgan fingerprint density at radius 2 is 2.04 bits per heavy atom. The first-order valence-corrected chi connectivity index (χ1v) is 9.02. The SMILES string of the molecule is C[C@@H]1CCCCN1C(=O)CSc1nnc(-c2ccccc2)n1C. The molecule has 0 unspecified atom stereocenters. The first-order chi connectivity index (χ1) is 11.2. The lowest BCUT2D eigenvalue weighted by Crippen LogP contribution is -2.42. The van der Waals surface area contributed by atoms with Crippen LogP contribution in [0.1, 0.15) is 26.2 Å². The lowest BCUT2D eigenvalue weighted by Gasteiger charge is -2.33. The minimum absolute atomic E-state index is 0.200. The molecule has 1 aliphatic rings. The lowest BCUT2D eigenvalue weighted by atomic mass is 10.0. The van der Waals surface area contributed by atoms with Gasteiger partial charge in [-0.2, -0.15) is 0 Å². The molecule has 1 amide bonds. The largest absolute Gasteiger partial charge is 0.339 e. The molecule has 0 spiro atoms. The second-order valence-corrected chi connectivity index (χ2v) is 6.89. The summed E-state index contributed by atoms with van der Waals surface area (Å²) < 4.78 is 1.95. The molecule has 0 N–H and O–H groups in total. The summed E-state index contributed by atoms with van der Waals surface area (Å²) in [6.07, 6.45) is 3.45. The fraction of sp³-hybridized carbons (Fsp3) is 0.471. The second-order valence-electron chi connectivity index (χ2n) is 5.95. The molecular weight excluding hydrogens is 308 g/mol. The van der Waals surface area contributed by atoms with Crippen molar-refractivity contribution in [1.82, 2.24) is 19.7 Å². The van der Waals surface area contributed by atoms with E-state index in [0.29, 0.717) is 11.8 Å². The molecule has 6 heteroatoms. The summed E-state index contributed by atoms with van der Waals surface area (Å²) in [6, 6.07) is 10.3. The Balaban J connectivity index is 1.65. The van der Waals surface area contributed by atoms with Gasteiger partial charge in [0.25, 0.3) is 0 Å². The molecule has 0 saturated carbocycles. The smallest absolute Gasteiger partial charge is 0.233 e. The van der Waals surface area contributed by atoms with Crippen LogP contribution < -0.4 is 0 Å². The number of rotatable bonds is 4. The topological polar surface area (TPSA) is 51.0 Å². The predicted molar refractivity (Wildman–Crippen MR) is 92.2 cm³/mol. The number of hydrogen-bond donors (Lipinski definition) is 0. The number of aromatic nitrogens is 3. The standard InChI is InChI=1S/C17H22N4OS/c1-13-8-6-7-11-21(13)15(22)12-23-17-19-18-16(20(17)2)14-9-4-3-5-10-14/h3-5,9-10,13H,6-8,11-12H2,1-2H3/t13-/m1/s1. The van der Waals surface area contributed by atoms with E-state index in [2.05, 4.69) is 17.1 Å². The van der Waals surface area contributed by atoms with Gasteiger partial charge in [-0.05, 0) is 26.2 Å². The molecule has 1 aromatic heterocycles. The maximum Gasteiger partial charge on any atom is 0.233 e. The summed E-state index contributed by atoms with van der Waals surface area (Å²) in [7, 11) is 1.94. The molecule has 0 radical (unpaired) electrons. The first kappa shape index (κ1) is 16.1. The third-order valence-electron chi connectivity index (χ3n) is 4.31. The number of piperidine rings is 1. The van der Waals surface area contributed by atoms with Gasteiger partial charge in [-0.3, -0.25) is 4.79 Å². The molecule has 2 aromatic rings. The molecule has 1 aromatic carbocycles. The van der Waals surface area contributed by atoms with Crippen molar-refractivity contribution in [2.45, 2.75) is 37.4 Å². The van der Waals surface area contributed by atoms with E-state index < -0.39 is 0 Å². The van der Waals surface area contributed by atoms with Crippen LogP contribution in [0.4, 0.5) is 0 Å². The van der Waals surface area contributed by atoms with E-state index in [1.165, 1.54) is 18.2 Å². The summed E-state index contributed by atoms with van der Waals surface area (Å²) in [5.41, 5.74) is 1.03. The molecule has 0 aliphatic carbocycles. The van der Waals surface area contributed by atoms with Crippen LogP contribution in [0.25, 0.3) is 11.4 Å². The quantitative estimate of drug-likeness (QED) is 0.809. The van der Waals surface area contributed by atoms with Crippen molar-refractivity contribution in [2.24, 2.45) is 7.05 Å². The van der Waals surface area contributed by atoms with Crippen molar-refractivity contribution in [3.8, 4) is 11.4 Å². The van der Waals surface area contributed by atoms with Crippen LogP contribution in [0, 0.1) is 0 Å². The second kappa shape index (κ2) is 7.17. The maximum absolute atomic E-state index is 12.4. The van der Waals surface area contributed by atoms with Crippen molar-refractivity contribution in [3.05, 3.63) is 30.3 Å². The molecule has 3 rings (SSSR count). The monoisotopic (exact) mass is 330 g/mol. The fourth-order valence-corrected chi connectivity index (χ4v) is 3.75. The van der Waals surface area contributed by atoms with Gasteiger partial charge in [0.1, 0.15) is 0 Å². The minimum atomic E-state index is 0.200. The lowest BCUT2D eigenvalue weighted by molar-refractivity contribution is -0.131. The average molecular weight is 330 g/mol. The summed E-state index contributed by atoms with van der Waals surface area (Å²) >= 11 is 1.46. The summed E-state index contributed by atoms with van der Waals surface area (Å²) in [6.45, 7) is 3.02. The molecule has 23 heavy (non-hydrogen) atoms. The summed E-state index contributed by atoms with van der Waals surface area (Å²) in [4.78, 5) is 14.4. The van der Waals surface area contributed by atoms with E-state index in [0.717, 1.165) is 35.9 Å². The molecular formula is C17H22N4OS. The molecule has 122 valence electrons. The number of nitrogens with zero attached hydrogens (tertiary/aromatic N) is 4. The fourth-order valence-electron chi connectivity index (χ4n) is 2.96. The molecule has 1 saturated heterocycles. The third-order valence-corrected chi connectivity index (χ3v) is 5.32. The van der Waals surface area contributed by atoms with Crippen molar-refractivity contribution in [1.29, 1.82) is 0 Å². The van der Waals surface area contributed by atoms with E-state index in [1.807, 2.05) is 46.8 Å². The third kappa shape index (κ3) is 3.58. The number of benzene rings is 1. The van der Waals surface area contributed by atoms with Crippen LogP contribution in [0.3, 0.4) is 0 Å². The van der Waals surface area contributed by atoms with Crippen LogP contribution in [-0.2, 0) is 11.8 Å². The van der Waals surface area contributed by atoms with Gasteiger partial charge >= 0.3 is 0 Å². The van der Waals surface area contributed by atoms with Crippen molar-refractivity contribution in [2.75, 3.05) is 12.3 Å². The van der Waals surface area contributed by atoms with E-state index in [-0.39, 0.29) is 5.91 Å². The van der Waals surface area contributed by atoms with Gasteiger partial charge in [0.05, 0.1) is 5.75 Å². The Morgan fingerprint density at radius 1 is 1.26 bits per heavy atom. The van der Waals surface area contributed by atoms with Crippen LogP contribution in [-0.4, -0.2) is 43.9 Å². The molecule has 1 aliphatic heterocycles. The molecule has 0 bridgehead atoms. The number of carbonyl (C=O) groups is 1. The molecule has 2 heterocycles. The van der Waals surface area contributed by atoms with Gasteiger partial charge in [-0.1, -0.05) is 42.1 Å². The zero-order valence-electron chi connectivity index (χ0n) is 13.6. The Kier molecular flexibility index (Phi) is 5.00. The number of hydrogen-bond acceptors (Lipinski definition) is 4. The van der Waals surface area contributed by atoms with E-state index >= 15 is 0 Å². The van der Waals surface area contributed by atoms with Crippen molar-refractivity contribution < 1.29 is 4.79 Å². The highest BCUT2D eigenvalue weighted by Crippen LogP contribution is 2.24. The van der Waals surface area contributed by atoms with Gasteiger partial charge in [-0.25, -0.2) is 0 Å². The van der Waals surface area contributed by atoms with Gasteiger partial charge in [-0.15, -0.1) is 10.2 Å². The number of amides is 1. The van der Waals surface area contributed by atoms with E-state index in [4.69, 9.17) is 0 Å². The molecule has 5 nitrogen and oxygen atoms in total. The van der Waals surface area contributed by atoms with Gasteiger partial charge in [0.2, 0.25) is 5.91 Å². The van der Waals surface area contributed by atoms with Gasteiger partial charge in [0.15, 0.2) is 11.0 Å². The Hall–Kier alpha value is -1.82. The number of likely N-dealkylation sites (tertiary alicyclic amines) is 1. The first-order valence-electron chi connectivity index (χ1n) is 8.04. The predicted octanol–water partition coefficient (Wildman–Crippen LogP) is 2.98. The Morgan fingerprint density at radius 3 is 2.78 bits per heavy atom. The summed E-state index contributed by atoms with van der Waals surface area (Å²) in [5, 5.41) is 9.27. The van der Waals surface area contributed by atoms with E-state index in [9.17, 15) is 4.79 Å². The highest BCUT2D eigenvalue weighted by atomic mass is 32.2. The Bertz CT molecular complexity index is 670. The van der Waals surface area contributed by atoms with Gasteiger partial charge < -0.3 is 9.47 Å².